The van der Waals surface area contributed by atoms with Crippen LogP contribution in [-0.2, 0) is 9.53 Å². The lowest BCUT2D eigenvalue weighted by Gasteiger charge is -2.40. The predicted molar refractivity (Wildman–Crippen MR) is 144 cm³/mol. The maximum absolute atomic E-state index is 13.5. The van der Waals surface area contributed by atoms with Gasteiger partial charge in [-0.1, -0.05) is 13.0 Å². The Labute approximate surface area is 223 Å². The number of hydrogen-bond donors (Lipinski definition) is 5. The summed E-state index contributed by atoms with van der Waals surface area (Å²) in [5.41, 5.74) is 8.04. The van der Waals surface area contributed by atoms with Crippen molar-refractivity contribution in [1.29, 1.82) is 0 Å². The fourth-order valence-electron chi connectivity index (χ4n) is 4.95. The van der Waals surface area contributed by atoms with Gasteiger partial charge in [0.05, 0.1) is 41.5 Å². The van der Waals surface area contributed by atoms with Gasteiger partial charge in [-0.15, -0.1) is 0 Å². The molecule has 0 spiro atoms. The summed E-state index contributed by atoms with van der Waals surface area (Å²) in [7, 11) is 0. The molecule has 1 aromatic carbocycles. The maximum Gasteiger partial charge on any atom is 0.409 e. The van der Waals surface area contributed by atoms with Gasteiger partial charge >= 0.3 is 6.09 Å². The van der Waals surface area contributed by atoms with E-state index in [-0.39, 0.29) is 29.8 Å². The molecule has 2 aliphatic heterocycles. The monoisotopic (exact) mass is 535 g/mol. The second kappa shape index (κ2) is 10.8. The molecule has 39 heavy (non-hydrogen) atoms. The van der Waals surface area contributed by atoms with Crippen LogP contribution in [0.2, 0.25) is 0 Å². The first kappa shape index (κ1) is 26.3. The third-order valence-electron chi connectivity index (χ3n) is 6.90. The summed E-state index contributed by atoms with van der Waals surface area (Å²) in [5.74, 6) is -0.935. The number of rotatable bonds is 5. The molecule has 2 aromatic heterocycles. The number of carbonyl (C=O) groups excluding carboxylic acids is 2. The van der Waals surface area contributed by atoms with Gasteiger partial charge in [-0.25, -0.2) is 9.78 Å². The van der Waals surface area contributed by atoms with E-state index in [0.717, 1.165) is 0 Å². The number of nitrogens with one attached hydrogen (secondary N) is 2. The lowest BCUT2D eigenvalue weighted by molar-refractivity contribution is -0.125. The molecule has 13 nitrogen and oxygen atoms in total. The lowest BCUT2D eigenvalue weighted by atomic mass is 9.92. The molecule has 4 heterocycles. The summed E-state index contributed by atoms with van der Waals surface area (Å²) in [6.07, 6.45) is 1.09. The number of nitrogens with zero attached hydrogens (tertiary/aromatic N) is 4. The molecule has 3 aromatic rings. The molecule has 0 aliphatic carbocycles. The van der Waals surface area contributed by atoms with Crippen molar-refractivity contribution in [1.82, 2.24) is 9.97 Å². The van der Waals surface area contributed by atoms with Crippen LogP contribution in [0.4, 0.5) is 27.5 Å². The van der Waals surface area contributed by atoms with Crippen LogP contribution in [0.1, 0.15) is 17.4 Å². The Morgan fingerprint density at radius 2 is 1.97 bits per heavy atom. The first-order valence-corrected chi connectivity index (χ1v) is 12.5. The zero-order valence-corrected chi connectivity index (χ0v) is 21.2. The number of nitrogens with two attached hydrogens (primary N) is 1. The molecule has 0 bridgehead atoms. The number of benzene rings is 1. The van der Waals surface area contributed by atoms with Gasteiger partial charge in [0.25, 0.3) is 11.8 Å². The van der Waals surface area contributed by atoms with Gasteiger partial charge in [0.1, 0.15) is 6.61 Å². The van der Waals surface area contributed by atoms with Gasteiger partial charge in [0.2, 0.25) is 0 Å². The van der Waals surface area contributed by atoms with E-state index in [2.05, 4.69) is 20.6 Å². The number of ether oxygens (including phenoxy) is 1. The molecular weight excluding hydrogens is 506 g/mol. The maximum atomic E-state index is 13.5. The first-order chi connectivity index (χ1) is 18.7. The average molecular weight is 536 g/mol. The minimum absolute atomic E-state index is 0.00452. The predicted octanol–water partition coefficient (Wildman–Crippen LogP) is 1.48. The SMILES string of the molecule is CC1CN(c2ccncc2NC(=O)c2nc3cc(N4CCOCC4=O)ccc3cc2NC(=O)O)CC(N)C1O. The van der Waals surface area contributed by atoms with Gasteiger partial charge in [-0.05, 0) is 24.3 Å². The summed E-state index contributed by atoms with van der Waals surface area (Å²) >= 11 is 0. The Kier molecular flexibility index (Phi) is 7.28. The van der Waals surface area contributed by atoms with Crippen molar-refractivity contribution < 1.29 is 29.3 Å². The first-order valence-electron chi connectivity index (χ1n) is 12.5. The molecule has 2 saturated heterocycles. The van der Waals surface area contributed by atoms with Crippen LogP contribution in [0.25, 0.3) is 10.9 Å². The molecule has 3 amide bonds. The highest BCUT2D eigenvalue weighted by Crippen LogP contribution is 2.31. The summed E-state index contributed by atoms with van der Waals surface area (Å²) < 4.78 is 5.20. The summed E-state index contributed by atoms with van der Waals surface area (Å²) in [4.78, 5) is 49.5. The molecule has 6 N–H and O–H groups in total. The number of morpholine rings is 1. The van der Waals surface area contributed by atoms with Gasteiger partial charge in [-0.2, -0.15) is 0 Å². The van der Waals surface area contributed by atoms with E-state index in [0.29, 0.717) is 54.2 Å². The molecule has 5 rings (SSSR count). The van der Waals surface area contributed by atoms with E-state index in [1.165, 1.54) is 12.3 Å². The van der Waals surface area contributed by atoms with Crippen LogP contribution in [-0.4, -0.2) is 83.1 Å². The molecule has 2 aliphatic rings. The second-order valence-electron chi connectivity index (χ2n) is 9.67. The Morgan fingerprint density at radius 3 is 2.72 bits per heavy atom. The minimum atomic E-state index is -1.35. The largest absolute Gasteiger partial charge is 0.465 e. The molecule has 2 fully saturated rings. The number of carboxylic acid groups (broad SMARTS) is 1. The average Bonchev–Trinajstić information content (AvgIpc) is 2.91. The number of carbonyl (C=O) groups is 3. The normalized spacial score (nSPS) is 21.6. The Hall–Kier alpha value is -4.33. The van der Waals surface area contributed by atoms with Crippen molar-refractivity contribution in [3.8, 4) is 0 Å². The molecule has 204 valence electrons. The highest BCUT2D eigenvalue weighted by atomic mass is 16.5. The zero-order valence-electron chi connectivity index (χ0n) is 21.2. The smallest absolute Gasteiger partial charge is 0.409 e. The van der Waals surface area contributed by atoms with Gasteiger partial charge < -0.3 is 35.8 Å². The molecule has 13 heteroatoms. The number of pyridine rings is 2. The number of anilines is 4. The number of aliphatic hydroxyl groups is 1. The number of piperidine rings is 1. The van der Waals surface area contributed by atoms with E-state index < -0.39 is 24.1 Å². The second-order valence-corrected chi connectivity index (χ2v) is 9.67. The van der Waals surface area contributed by atoms with Crippen LogP contribution in [0.3, 0.4) is 0 Å². The summed E-state index contributed by atoms with van der Waals surface area (Å²) in [5, 5.41) is 25.3. The van der Waals surface area contributed by atoms with Crippen LogP contribution in [0.5, 0.6) is 0 Å². The molecular formula is C26H29N7O6. The van der Waals surface area contributed by atoms with E-state index in [9.17, 15) is 24.6 Å². The highest BCUT2D eigenvalue weighted by Gasteiger charge is 2.32. The van der Waals surface area contributed by atoms with Gasteiger partial charge in [0, 0.05) is 48.9 Å². The lowest BCUT2D eigenvalue weighted by Crippen LogP contribution is -2.55. The Morgan fingerprint density at radius 1 is 1.15 bits per heavy atom. The van der Waals surface area contributed by atoms with Crippen molar-refractivity contribution >= 4 is 51.6 Å². The molecule has 3 atom stereocenters. The van der Waals surface area contributed by atoms with Crippen LogP contribution in [0, 0.1) is 5.92 Å². The molecule has 0 radical (unpaired) electrons. The van der Waals surface area contributed by atoms with Crippen molar-refractivity contribution in [3.63, 3.8) is 0 Å². The van der Waals surface area contributed by atoms with Crippen molar-refractivity contribution in [2.75, 3.05) is 53.3 Å². The van der Waals surface area contributed by atoms with E-state index in [1.807, 2.05) is 11.8 Å². The molecule has 0 saturated carbocycles. The number of fused-ring (bicyclic) bond motifs is 1. The Bertz CT molecular complexity index is 1420. The standard InChI is InChI=1S/C26H29N7O6/c1-14-11-32(12-17(27)24(14)35)21-4-5-28-10-20(21)30-25(36)23-19(31-26(37)38)8-15-2-3-16(9-18(15)29-23)33-6-7-39-13-22(33)34/h2-5,8-10,14,17,24,31,35H,6-7,11-13,27H2,1H3,(H,30,36)(H,37,38). The molecule has 3 unspecified atom stereocenters. The van der Waals surface area contributed by atoms with E-state index >= 15 is 0 Å². The Balaban J connectivity index is 1.49. The third kappa shape index (κ3) is 5.46. The van der Waals surface area contributed by atoms with Crippen LogP contribution < -0.4 is 26.2 Å². The minimum Gasteiger partial charge on any atom is -0.465 e. The van der Waals surface area contributed by atoms with E-state index in [1.54, 1.807) is 35.4 Å². The third-order valence-corrected chi connectivity index (χ3v) is 6.90. The fourth-order valence-corrected chi connectivity index (χ4v) is 4.95. The number of aromatic nitrogens is 2. The highest BCUT2D eigenvalue weighted by molar-refractivity contribution is 6.11. The van der Waals surface area contributed by atoms with Crippen molar-refractivity contribution in [3.05, 3.63) is 48.4 Å². The zero-order chi connectivity index (χ0) is 27.7. The topological polar surface area (TPSA) is 183 Å². The van der Waals surface area contributed by atoms with Gasteiger partial charge in [0.15, 0.2) is 5.69 Å². The van der Waals surface area contributed by atoms with Crippen molar-refractivity contribution in [2.24, 2.45) is 11.7 Å². The fraction of sp³-hybridized carbons (Fsp3) is 0.346. The van der Waals surface area contributed by atoms with Crippen LogP contribution >= 0.6 is 0 Å². The summed E-state index contributed by atoms with van der Waals surface area (Å²) in [6, 6.07) is 7.92. The summed E-state index contributed by atoms with van der Waals surface area (Å²) in [6.45, 7) is 3.56. The van der Waals surface area contributed by atoms with E-state index in [4.69, 9.17) is 10.5 Å². The number of amides is 3. The van der Waals surface area contributed by atoms with Crippen molar-refractivity contribution in [2.45, 2.75) is 19.1 Å². The number of aliphatic hydroxyl groups excluding tert-OH is 1. The van der Waals surface area contributed by atoms with Gasteiger partial charge in [-0.3, -0.25) is 19.9 Å². The number of hydrogen-bond acceptors (Lipinski definition) is 9. The quantitative estimate of drug-likeness (QED) is 0.321. The van der Waals surface area contributed by atoms with Crippen LogP contribution in [0.15, 0.2) is 42.7 Å².